The Balaban J connectivity index is 1.62. The quantitative estimate of drug-likeness (QED) is 0.349. The van der Waals surface area contributed by atoms with E-state index in [1.54, 1.807) is 20.8 Å². The third-order valence-corrected chi connectivity index (χ3v) is 5.74. The zero-order chi connectivity index (χ0) is 23.2. The van der Waals surface area contributed by atoms with Crippen LogP contribution in [-0.4, -0.2) is 35.9 Å². The van der Waals surface area contributed by atoms with Crippen molar-refractivity contribution < 1.29 is 28.3 Å². The average Bonchev–Trinajstić information content (AvgIpc) is 3.28. The molecule has 7 heteroatoms. The van der Waals surface area contributed by atoms with Gasteiger partial charge in [-0.3, -0.25) is 4.79 Å². The van der Waals surface area contributed by atoms with Gasteiger partial charge in [-0.15, -0.1) is 0 Å². The van der Waals surface area contributed by atoms with Crippen molar-refractivity contribution in [3.05, 3.63) is 70.2 Å². The van der Waals surface area contributed by atoms with Crippen molar-refractivity contribution in [3.8, 4) is 0 Å². The highest BCUT2D eigenvalue weighted by Crippen LogP contribution is 2.32. The Morgan fingerprint density at radius 3 is 2.38 bits per heavy atom. The summed E-state index contributed by atoms with van der Waals surface area (Å²) in [6.07, 6.45) is -1.09. The molecule has 2 heterocycles. The smallest absolute Gasteiger partial charge is 0.375 e. The molecule has 0 saturated carbocycles. The van der Waals surface area contributed by atoms with E-state index < -0.39 is 23.8 Å². The first kappa shape index (κ1) is 21.4. The Morgan fingerprint density at radius 1 is 0.938 bits per heavy atom. The lowest BCUT2D eigenvalue weighted by molar-refractivity contribution is 0.0288. The molecular weight excluding hydrogens is 410 g/mol. The highest BCUT2D eigenvalue weighted by molar-refractivity contribution is 6.09. The van der Waals surface area contributed by atoms with Crippen LogP contribution < -0.4 is 0 Å². The average molecular weight is 433 g/mol. The number of hydrogen-bond acceptors (Lipinski definition) is 6. The minimum atomic E-state index is -1.09. The first-order valence-electron chi connectivity index (χ1n) is 10.2. The van der Waals surface area contributed by atoms with Crippen molar-refractivity contribution in [2.75, 3.05) is 7.11 Å². The molecule has 2 aromatic heterocycles. The van der Waals surface area contributed by atoms with Crippen LogP contribution in [0.2, 0.25) is 0 Å². The van der Waals surface area contributed by atoms with Gasteiger partial charge < -0.3 is 18.9 Å². The molecule has 0 saturated heterocycles. The predicted molar refractivity (Wildman–Crippen MR) is 119 cm³/mol. The van der Waals surface area contributed by atoms with Crippen LogP contribution in [0.15, 0.2) is 40.8 Å². The van der Waals surface area contributed by atoms with Crippen LogP contribution in [0.5, 0.6) is 0 Å². The molecule has 0 aliphatic carbocycles. The number of aromatic nitrogens is 1. The molecule has 0 bridgehead atoms. The van der Waals surface area contributed by atoms with Crippen molar-refractivity contribution in [3.63, 3.8) is 0 Å². The number of esters is 2. The van der Waals surface area contributed by atoms with Crippen LogP contribution in [0.4, 0.5) is 0 Å². The number of fused-ring (bicyclic) bond motifs is 3. The van der Waals surface area contributed by atoms with Gasteiger partial charge in [-0.1, -0.05) is 36.4 Å². The van der Waals surface area contributed by atoms with Gasteiger partial charge in [-0.2, -0.15) is 0 Å². The standard InChI is InChI=1S/C25H23NO6/c1-12-17-11-10-16-8-6-7-9-18(16)23(17)32-22(12)25(29)31-15(4)21(27)20-13(2)19(14(3)26-20)24(28)30-5/h6-11,15,26H,1-5H3. The summed E-state index contributed by atoms with van der Waals surface area (Å²) >= 11 is 0. The minimum Gasteiger partial charge on any atom is -0.465 e. The molecule has 0 radical (unpaired) electrons. The van der Waals surface area contributed by atoms with E-state index in [9.17, 15) is 14.4 Å². The zero-order valence-electron chi connectivity index (χ0n) is 18.5. The Kier molecular flexibility index (Phi) is 5.34. The second-order valence-corrected chi connectivity index (χ2v) is 7.75. The summed E-state index contributed by atoms with van der Waals surface area (Å²) in [5.74, 6) is -1.65. The summed E-state index contributed by atoms with van der Waals surface area (Å²) in [5, 5.41) is 2.70. The van der Waals surface area contributed by atoms with Crippen molar-refractivity contribution in [1.29, 1.82) is 0 Å². The predicted octanol–water partition coefficient (Wildman–Crippen LogP) is 5.05. The van der Waals surface area contributed by atoms with Crippen molar-refractivity contribution >= 4 is 39.5 Å². The third kappa shape index (κ3) is 3.36. The Labute approximate surface area is 184 Å². The molecule has 32 heavy (non-hydrogen) atoms. The Hall–Kier alpha value is -3.87. The number of Topliss-reactive ketones (excluding diaryl/α,β-unsaturated/α-hetero) is 1. The fourth-order valence-corrected chi connectivity index (χ4v) is 4.02. The van der Waals surface area contributed by atoms with E-state index in [4.69, 9.17) is 13.9 Å². The molecule has 4 aromatic rings. The SMILES string of the molecule is COC(=O)c1c(C)[nH]c(C(=O)C(C)OC(=O)c2oc3c(ccc4ccccc43)c2C)c1C. The van der Waals surface area contributed by atoms with Gasteiger partial charge in [0, 0.05) is 22.0 Å². The molecule has 164 valence electrons. The van der Waals surface area contributed by atoms with E-state index in [2.05, 4.69) is 4.98 Å². The van der Waals surface area contributed by atoms with Crippen LogP contribution >= 0.6 is 0 Å². The summed E-state index contributed by atoms with van der Waals surface area (Å²) in [6.45, 7) is 6.59. The van der Waals surface area contributed by atoms with Gasteiger partial charge in [0.05, 0.1) is 18.4 Å². The molecule has 1 unspecified atom stereocenters. The monoisotopic (exact) mass is 433 g/mol. The number of hydrogen-bond donors (Lipinski definition) is 1. The number of ketones is 1. The third-order valence-electron chi connectivity index (χ3n) is 5.74. The number of rotatable bonds is 5. The number of methoxy groups -OCH3 is 1. The topological polar surface area (TPSA) is 98.6 Å². The van der Waals surface area contributed by atoms with Gasteiger partial charge in [0.2, 0.25) is 11.5 Å². The Bertz CT molecular complexity index is 1390. The van der Waals surface area contributed by atoms with E-state index in [-0.39, 0.29) is 11.5 Å². The molecule has 7 nitrogen and oxygen atoms in total. The van der Waals surface area contributed by atoms with Gasteiger partial charge in [-0.25, -0.2) is 9.59 Å². The molecule has 0 spiro atoms. The second-order valence-electron chi connectivity index (χ2n) is 7.75. The fourth-order valence-electron chi connectivity index (χ4n) is 4.02. The maximum atomic E-state index is 12.9. The van der Waals surface area contributed by atoms with Crippen molar-refractivity contribution in [2.24, 2.45) is 0 Å². The number of nitrogens with one attached hydrogen (secondary N) is 1. The lowest BCUT2D eigenvalue weighted by atomic mass is 10.1. The number of carbonyl (C=O) groups is 3. The summed E-state index contributed by atoms with van der Waals surface area (Å²) < 4.78 is 16.1. The van der Waals surface area contributed by atoms with Crippen molar-refractivity contribution in [2.45, 2.75) is 33.8 Å². The van der Waals surface area contributed by atoms with Gasteiger partial charge in [0.25, 0.3) is 0 Å². The van der Waals surface area contributed by atoms with E-state index >= 15 is 0 Å². The minimum absolute atomic E-state index is 0.0608. The highest BCUT2D eigenvalue weighted by Gasteiger charge is 2.29. The Morgan fingerprint density at radius 2 is 1.66 bits per heavy atom. The molecule has 2 aromatic carbocycles. The summed E-state index contributed by atoms with van der Waals surface area (Å²) in [5.41, 5.74) is 2.72. The fraction of sp³-hybridized carbons (Fsp3) is 0.240. The maximum absolute atomic E-state index is 12.9. The number of furan rings is 1. The maximum Gasteiger partial charge on any atom is 0.375 e. The second kappa shape index (κ2) is 8.00. The molecule has 0 amide bonds. The van der Waals surface area contributed by atoms with E-state index in [1.807, 2.05) is 36.4 Å². The van der Waals surface area contributed by atoms with Crippen LogP contribution in [0, 0.1) is 20.8 Å². The number of aromatic amines is 1. The summed E-state index contributed by atoms with van der Waals surface area (Å²) in [4.78, 5) is 40.7. The van der Waals surface area contributed by atoms with Gasteiger partial charge >= 0.3 is 11.9 Å². The van der Waals surface area contributed by atoms with E-state index in [0.29, 0.717) is 28.0 Å². The summed E-state index contributed by atoms with van der Waals surface area (Å²) in [7, 11) is 1.28. The van der Waals surface area contributed by atoms with E-state index in [0.717, 1.165) is 16.2 Å². The molecular formula is C25H23NO6. The molecule has 0 aliphatic rings. The van der Waals surface area contributed by atoms with Gasteiger partial charge in [-0.05, 0) is 38.6 Å². The molecule has 0 aliphatic heterocycles. The number of aryl methyl sites for hydroxylation is 2. The zero-order valence-corrected chi connectivity index (χ0v) is 18.5. The van der Waals surface area contributed by atoms with Crippen LogP contribution in [0.25, 0.3) is 21.7 Å². The first-order valence-corrected chi connectivity index (χ1v) is 10.2. The molecule has 1 N–H and O–H groups in total. The van der Waals surface area contributed by atoms with Crippen LogP contribution in [0.3, 0.4) is 0 Å². The highest BCUT2D eigenvalue weighted by atomic mass is 16.6. The van der Waals surface area contributed by atoms with Crippen LogP contribution in [-0.2, 0) is 9.47 Å². The van der Waals surface area contributed by atoms with Crippen LogP contribution in [0.1, 0.15) is 55.1 Å². The molecule has 0 fully saturated rings. The lowest BCUT2D eigenvalue weighted by Gasteiger charge is -2.11. The molecule has 4 rings (SSSR count). The number of H-pyrrole nitrogens is 1. The first-order chi connectivity index (χ1) is 15.2. The molecule has 1 atom stereocenters. The van der Waals surface area contributed by atoms with Gasteiger partial charge in [0.1, 0.15) is 5.58 Å². The lowest BCUT2D eigenvalue weighted by Crippen LogP contribution is -2.25. The van der Waals surface area contributed by atoms with E-state index in [1.165, 1.54) is 14.0 Å². The number of ether oxygens (including phenoxy) is 2. The van der Waals surface area contributed by atoms with Gasteiger partial charge in [0.15, 0.2) is 6.10 Å². The number of carbonyl (C=O) groups excluding carboxylic acids is 3. The normalized spacial score (nSPS) is 12.2. The number of benzene rings is 2. The largest absolute Gasteiger partial charge is 0.465 e. The summed E-state index contributed by atoms with van der Waals surface area (Å²) in [6, 6.07) is 11.6. The van der Waals surface area contributed by atoms with Crippen molar-refractivity contribution in [1.82, 2.24) is 4.98 Å².